The second-order valence-corrected chi connectivity index (χ2v) is 5.52. The Bertz CT molecular complexity index is 499. The summed E-state index contributed by atoms with van der Waals surface area (Å²) in [6.45, 7) is 8.79. The lowest BCUT2D eigenvalue weighted by atomic mass is 10.3. The summed E-state index contributed by atoms with van der Waals surface area (Å²) in [4.78, 5) is 10.1. The first kappa shape index (κ1) is 13.2. The van der Waals surface area contributed by atoms with Crippen molar-refractivity contribution in [2.24, 2.45) is 0 Å². The third-order valence-electron chi connectivity index (χ3n) is 2.92. The van der Waals surface area contributed by atoms with Crippen molar-refractivity contribution in [3.63, 3.8) is 0 Å². The van der Waals surface area contributed by atoms with Gasteiger partial charge in [-0.3, -0.25) is 5.32 Å². The van der Waals surface area contributed by atoms with Crippen LogP contribution in [0.4, 0.5) is 0 Å². The van der Waals surface area contributed by atoms with Gasteiger partial charge in [-0.1, -0.05) is 6.92 Å². The lowest BCUT2D eigenvalue weighted by Crippen LogP contribution is -2.18. The lowest BCUT2D eigenvalue weighted by Gasteiger charge is -2.08. The molecule has 18 heavy (non-hydrogen) atoms. The Balaban J connectivity index is 1.93. The van der Waals surface area contributed by atoms with E-state index in [-0.39, 0.29) is 6.04 Å². The van der Waals surface area contributed by atoms with E-state index < -0.39 is 0 Å². The van der Waals surface area contributed by atoms with Crippen molar-refractivity contribution in [1.82, 2.24) is 15.3 Å². The van der Waals surface area contributed by atoms with Crippen LogP contribution in [0.25, 0.3) is 0 Å². The number of nitrogens with one attached hydrogen (secondary N) is 1. The highest BCUT2D eigenvalue weighted by Gasteiger charge is 2.11. The van der Waals surface area contributed by atoms with Crippen LogP contribution in [0.2, 0.25) is 0 Å². The molecule has 0 bridgehead atoms. The third-order valence-corrected chi connectivity index (χ3v) is 4.25. The summed E-state index contributed by atoms with van der Waals surface area (Å²) < 4.78 is 5.54. The minimum atomic E-state index is 0.225. The van der Waals surface area contributed by atoms with Gasteiger partial charge in [0, 0.05) is 11.1 Å². The zero-order valence-electron chi connectivity index (χ0n) is 11.3. The van der Waals surface area contributed by atoms with Crippen molar-refractivity contribution < 1.29 is 4.42 Å². The van der Waals surface area contributed by atoms with E-state index in [1.165, 1.54) is 4.88 Å². The molecule has 0 aliphatic heterocycles. The topological polar surface area (TPSA) is 51.0 Å². The largest absolute Gasteiger partial charge is 0.444 e. The molecular formula is C13H19N3OS. The summed E-state index contributed by atoms with van der Waals surface area (Å²) in [7, 11) is 0. The second kappa shape index (κ2) is 5.63. The molecule has 0 radical (unpaired) electrons. The molecule has 2 rings (SSSR count). The summed E-state index contributed by atoms with van der Waals surface area (Å²) in [6, 6.07) is 0.225. The van der Waals surface area contributed by atoms with Crippen LogP contribution in [-0.2, 0) is 13.0 Å². The summed E-state index contributed by atoms with van der Waals surface area (Å²) >= 11 is 1.76. The predicted molar refractivity (Wildman–Crippen MR) is 72.7 cm³/mol. The molecule has 2 heterocycles. The molecule has 0 amide bonds. The molecule has 0 fully saturated rings. The van der Waals surface area contributed by atoms with Gasteiger partial charge in [-0.15, -0.1) is 11.3 Å². The minimum Gasteiger partial charge on any atom is -0.444 e. The van der Waals surface area contributed by atoms with E-state index in [9.17, 15) is 0 Å². The van der Waals surface area contributed by atoms with Gasteiger partial charge in [0.25, 0.3) is 0 Å². The molecule has 1 N–H and O–H groups in total. The average Bonchev–Trinajstić information content (AvgIpc) is 2.94. The number of hydrogen-bond acceptors (Lipinski definition) is 5. The quantitative estimate of drug-likeness (QED) is 0.902. The SMILES string of the molecule is CCc1cnc(C(C)NCc2nc(C)c(C)o2)s1. The highest BCUT2D eigenvalue weighted by atomic mass is 32.1. The van der Waals surface area contributed by atoms with E-state index in [0.717, 1.165) is 28.8 Å². The summed E-state index contributed by atoms with van der Waals surface area (Å²) in [5.74, 6) is 1.63. The normalized spacial score (nSPS) is 12.9. The first-order chi connectivity index (χ1) is 8.60. The zero-order valence-corrected chi connectivity index (χ0v) is 12.1. The number of hydrogen-bond donors (Lipinski definition) is 1. The Morgan fingerprint density at radius 2 is 2.22 bits per heavy atom. The minimum absolute atomic E-state index is 0.225. The van der Waals surface area contributed by atoms with Crippen LogP contribution in [-0.4, -0.2) is 9.97 Å². The fourth-order valence-electron chi connectivity index (χ4n) is 1.63. The number of thiazole rings is 1. The maximum atomic E-state index is 5.54. The van der Waals surface area contributed by atoms with Crippen LogP contribution in [0.1, 0.15) is 47.1 Å². The second-order valence-electron chi connectivity index (χ2n) is 4.37. The molecule has 0 aliphatic rings. The van der Waals surface area contributed by atoms with Gasteiger partial charge in [0.05, 0.1) is 18.3 Å². The van der Waals surface area contributed by atoms with E-state index in [1.807, 2.05) is 20.0 Å². The Labute approximate surface area is 111 Å². The van der Waals surface area contributed by atoms with Crippen LogP contribution >= 0.6 is 11.3 Å². The standard InChI is InChI=1S/C13H19N3OS/c1-5-11-6-15-13(18-11)9(3)14-7-12-16-8(2)10(4)17-12/h6,9,14H,5,7H2,1-4H3. The predicted octanol–water partition coefficient (Wildman–Crippen LogP) is 3.16. The smallest absolute Gasteiger partial charge is 0.208 e. The maximum absolute atomic E-state index is 5.54. The highest BCUT2D eigenvalue weighted by Crippen LogP contribution is 2.20. The van der Waals surface area contributed by atoms with E-state index >= 15 is 0 Å². The summed E-state index contributed by atoms with van der Waals surface area (Å²) in [6.07, 6.45) is 3.00. The molecule has 2 aromatic heterocycles. The molecule has 5 heteroatoms. The fourth-order valence-corrected chi connectivity index (χ4v) is 2.51. The van der Waals surface area contributed by atoms with E-state index in [4.69, 9.17) is 4.42 Å². The number of nitrogens with zero attached hydrogens (tertiary/aromatic N) is 2. The van der Waals surface area contributed by atoms with Crippen LogP contribution in [0, 0.1) is 13.8 Å². The maximum Gasteiger partial charge on any atom is 0.208 e. The molecule has 4 nitrogen and oxygen atoms in total. The number of oxazole rings is 1. The van der Waals surface area contributed by atoms with Gasteiger partial charge in [0.2, 0.25) is 5.89 Å². The van der Waals surface area contributed by atoms with Crippen LogP contribution in [0.15, 0.2) is 10.6 Å². The first-order valence-corrected chi connectivity index (χ1v) is 7.02. The molecule has 0 saturated heterocycles. The van der Waals surface area contributed by atoms with Gasteiger partial charge in [0.1, 0.15) is 10.8 Å². The molecular weight excluding hydrogens is 246 g/mol. The van der Waals surface area contributed by atoms with E-state index in [2.05, 4.69) is 29.1 Å². The molecule has 0 aliphatic carbocycles. The van der Waals surface area contributed by atoms with Gasteiger partial charge in [0.15, 0.2) is 0 Å². The fraction of sp³-hybridized carbons (Fsp3) is 0.538. The summed E-state index contributed by atoms with van der Waals surface area (Å²) in [5.41, 5.74) is 0.960. The van der Waals surface area contributed by atoms with Gasteiger partial charge < -0.3 is 4.42 Å². The van der Waals surface area contributed by atoms with E-state index in [0.29, 0.717) is 6.54 Å². The van der Waals surface area contributed by atoms with E-state index in [1.54, 1.807) is 11.3 Å². The number of aromatic nitrogens is 2. The highest BCUT2D eigenvalue weighted by molar-refractivity contribution is 7.11. The van der Waals surface area contributed by atoms with Gasteiger partial charge in [-0.25, -0.2) is 9.97 Å². The van der Waals surface area contributed by atoms with Crippen LogP contribution in [0.5, 0.6) is 0 Å². The Hall–Kier alpha value is -1.20. The monoisotopic (exact) mass is 265 g/mol. The van der Waals surface area contributed by atoms with Crippen molar-refractivity contribution in [2.75, 3.05) is 0 Å². The van der Waals surface area contributed by atoms with Gasteiger partial charge in [-0.05, 0) is 27.2 Å². The van der Waals surface area contributed by atoms with Crippen molar-refractivity contribution in [1.29, 1.82) is 0 Å². The van der Waals surface area contributed by atoms with Gasteiger partial charge >= 0.3 is 0 Å². The Kier molecular flexibility index (Phi) is 4.14. The molecule has 0 saturated carbocycles. The molecule has 1 unspecified atom stereocenters. The molecule has 1 atom stereocenters. The van der Waals surface area contributed by atoms with Crippen molar-refractivity contribution in [3.05, 3.63) is 33.4 Å². The molecule has 0 aromatic carbocycles. The zero-order chi connectivity index (χ0) is 13.1. The summed E-state index contributed by atoms with van der Waals surface area (Å²) in [5, 5.41) is 4.50. The number of aryl methyl sites for hydroxylation is 3. The molecule has 0 spiro atoms. The third kappa shape index (κ3) is 2.97. The van der Waals surface area contributed by atoms with Crippen LogP contribution in [0.3, 0.4) is 0 Å². The lowest BCUT2D eigenvalue weighted by molar-refractivity contribution is 0.431. The number of rotatable bonds is 5. The molecule has 2 aromatic rings. The van der Waals surface area contributed by atoms with Crippen molar-refractivity contribution >= 4 is 11.3 Å². The van der Waals surface area contributed by atoms with Gasteiger partial charge in [-0.2, -0.15) is 0 Å². The van der Waals surface area contributed by atoms with Crippen LogP contribution < -0.4 is 5.32 Å². The Morgan fingerprint density at radius 1 is 1.44 bits per heavy atom. The van der Waals surface area contributed by atoms with Crippen molar-refractivity contribution in [3.8, 4) is 0 Å². The van der Waals surface area contributed by atoms with Crippen molar-refractivity contribution in [2.45, 2.75) is 46.7 Å². The Morgan fingerprint density at radius 3 is 2.78 bits per heavy atom. The first-order valence-electron chi connectivity index (χ1n) is 6.21. The molecule has 98 valence electrons. The average molecular weight is 265 g/mol.